The maximum absolute atomic E-state index is 2.57. The molecule has 0 saturated carbocycles. The SMILES string of the molecule is CCCCCC(CCCCC)c1cc(-c2cc(C)cc(C)c2)cc(-c2cc(C)cc(-c3cc(-c4cc(C)cc(C)c4)cc(C(CCCCC)CCCCC)c3)c2)c1. The molecule has 57 heavy (non-hydrogen) atoms. The second-order valence-electron chi connectivity index (χ2n) is 17.9. The van der Waals surface area contributed by atoms with Crippen molar-refractivity contribution in [2.24, 2.45) is 0 Å². The second kappa shape index (κ2) is 22.3. The van der Waals surface area contributed by atoms with Crippen LogP contribution in [0.1, 0.15) is 181 Å². The predicted molar refractivity (Wildman–Crippen MR) is 254 cm³/mol. The third-order valence-corrected chi connectivity index (χ3v) is 12.3. The Balaban J connectivity index is 1.68. The fourth-order valence-corrected chi connectivity index (χ4v) is 9.36. The van der Waals surface area contributed by atoms with Crippen LogP contribution in [-0.4, -0.2) is 0 Å². The molecule has 0 heterocycles. The molecule has 0 fully saturated rings. The number of benzene rings is 5. The average Bonchev–Trinajstić information content (AvgIpc) is 3.18. The van der Waals surface area contributed by atoms with Crippen molar-refractivity contribution in [2.75, 3.05) is 0 Å². The first-order valence-electron chi connectivity index (χ1n) is 23.2. The van der Waals surface area contributed by atoms with Gasteiger partial charge in [-0.05, 0) is 152 Å². The molecule has 0 aromatic heterocycles. The van der Waals surface area contributed by atoms with E-state index in [1.807, 2.05) is 0 Å². The molecule has 0 aliphatic heterocycles. The first-order chi connectivity index (χ1) is 27.6. The second-order valence-corrected chi connectivity index (χ2v) is 17.9. The van der Waals surface area contributed by atoms with Gasteiger partial charge < -0.3 is 0 Å². The molecule has 0 spiro atoms. The van der Waals surface area contributed by atoms with E-state index in [1.165, 1.54) is 186 Å². The van der Waals surface area contributed by atoms with Crippen LogP contribution in [-0.2, 0) is 0 Å². The summed E-state index contributed by atoms with van der Waals surface area (Å²) in [5.41, 5.74) is 20.5. The van der Waals surface area contributed by atoms with Gasteiger partial charge in [-0.2, -0.15) is 0 Å². The molecule has 0 unspecified atom stereocenters. The summed E-state index contributed by atoms with van der Waals surface area (Å²) in [5, 5.41) is 0. The minimum atomic E-state index is 0.589. The smallest absolute Gasteiger partial charge is 0.0162 e. The lowest BCUT2D eigenvalue weighted by Crippen LogP contribution is -2.02. The van der Waals surface area contributed by atoms with Crippen molar-refractivity contribution in [1.29, 1.82) is 0 Å². The summed E-state index contributed by atoms with van der Waals surface area (Å²) in [4.78, 5) is 0. The van der Waals surface area contributed by atoms with Gasteiger partial charge in [-0.25, -0.2) is 0 Å². The van der Waals surface area contributed by atoms with E-state index < -0.39 is 0 Å². The number of rotatable bonds is 22. The fourth-order valence-electron chi connectivity index (χ4n) is 9.36. The topological polar surface area (TPSA) is 0 Å². The summed E-state index contributed by atoms with van der Waals surface area (Å²) in [7, 11) is 0. The zero-order chi connectivity index (χ0) is 40.7. The molecule has 0 aliphatic carbocycles. The zero-order valence-corrected chi connectivity index (χ0v) is 37.6. The van der Waals surface area contributed by atoms with Crippen LogP contribution in [0.4, 0.5) is 0 Å². The first kappa shape index (κ1) is 44.2. The molecule has 0 N–H and O–H groups in total. The highest BCUT2D eigenvalue weighted by Crippen LogP contribution is 2.40. The molecule has 0 nitrogen and oxygen atoms in total. The van der Waals surface area contributed by atoms with Gasteiger partial charge in [0.25, 0.3) is 0 Å². The standard InChI is InChI=1S/C57H76/c1-10-14-18-22-46(23-19-15-11-2)52-35-54(48-28-41(5)26-42(6)29-48)39-56(37-52)50-32-45(9)33-51(34-50)57-38-53(47(24-20-16-12-3)25-21-17-13-4)36-55(40-57)49-30-43(7)27-44(8)31-49/h26-40,46-47H,10-25H2,1-9H3. The molecule has 0 atom stereocenters. The van der Waals surface area contributed by atoms with Crippen LogP contribution in [0, 0.1) is 34.6 Å². The molecular formula is C57H76. The van der Waals surface area contributed by atoms with Gasteiger partial charge in [0.2, 0.25) is 0 Å². The van der Waals surface area contributed by atoms with E-state index in [9.17, 15) is 0 Å². The highest BCUT2D eigenvalue weighted by Gasteiger charge is 2.18. The Bertz CT molecular complexity index is 1800. The number of unbranched alkanes of at least 4 members (excludes halogenated alkanes) is 8. The van der Waals surface area contributed by atoms with Crippen LogP contribution in [0.3, 0.4) is 0 Å². The molecule has 5 aromatic carbocycles. The Morgan fingerprint density at radius 2 is 0.474 bits per heavy atom. The van der Waals surface area contributed by atoms with Crippen molar-refractivity contribution in [3.63, 3.8) is 0 Å². The summed E-state index contributed by atoms with van der Waals surface area (Å²) in [5.74, 6) is 1.18. The lowest BCUT2D eigenvalue weighted by atomic mass is 9.83. The third-order valence-electron chi connectivity index (χ3n) is 12.3. The monoisotopic (exact) mass is 761 g/mol. The van der Waals surface area contributed by atoms with Gasteiger partial charge >= 0.3 is 0 Å². The molecule has 0 heteroatoms. The Kier molecular flexibility index (Phi) is 17.3. The van der Waals surface area contributed by atoms with Crippen molar-refractivity contribution in [1.82, 2.24) is 0 Å². The van der Waals surface area contributed by atoms with E-state index in [0.29, 0.717) is 11.8 Å². The number of aryl methyl sites for hydroxylation is 5. The quantitative estimate of drug-likeness (QED) is 0.0616. The Morgan fingerprint density at radius 3 is 0.719 bits per heavy atom. The maximum Gasteiger partial charge on any atom is -0.0162 e. The largest absolute Gasteiger partial charge is 0.0654 e. The lowest BCUT2D eigenvalue weighted by molar-refractivity contribution is 0.507. The van der Waals surface area contributed by atoms with Gasteiger partial charge in [0.1, 0.15) is 0 Å². The Labute approximate surface area is 350 Å². The van der Waals surface area contributed by atoms with Crippen LogP contribution < -0.4 is 0 Å². The van der Waals surface area contributed by atoms with Crippen LogP contribution >= 0.6 is 0 Å². The number of hydrogen-bond acceptors (Lipinski definition) is 0. The van der Waals surface area contributed by atoms with Crippen molar-refractivity contribution >= 4 is 0 Å². The molecule has 0 radical (unpaired) electrons. The van der Waals surface area contributed by atoms with Gasteiger partial charge in [-0.3, -0.25) is 0 Å². The van der Waals surface area contributed by atoms with Crippen LogP contribution in [0.5, 0.6) is 0 Å². The minimum absolute atomic E-state index is 0.589. The van der Waals surface area contributed by atoms with Crippen LogP contribution in [0.15, 0.2) is 91.0 Å². The van der Waals surface area contributed by atoms with Gasteiger partial charge in [0.05, 0.1) is 0 Å². The molecule has 0 bridgehead atoms. The van der Waals surface area contributed by atoms with E-state index in [-0.39, 0.29) is 0 Å². The minimum Gasteiger partial charge on any atom is -0.0654 e. The van der Waals surface area contributed by atoms with E-state index in [2.05, 4.69) is 153 Å². The molecule has 0 saturated heterocycles. The van der Waals surface area contributed by atoms with Gasteiger partial charge in [0, 0.05) is 0 Å². The number of hydrogen-bond donors (Lipinski definition) is 0. The average molecular weight is 761 g/mol. The van der Waals surface area contributed by atoms with Crippen LogP contribution in [0.25, 0.3) is 44.5 Å². The summed E-state index contributed by atoms with van der Waals surface area (Å²) in [6.07, 6.45) is 20.7. The third kappa shape index (κ3) is 13.1. The van der Waals surface area contributed by atoms with Crippen molar-refractivity contribution in [2.45, 2.75) is 177 Å². The highest BCUT2D eigenvalue weighted by molar-refractivity contribution is 5.81. The summed E-state index contributed by atoms with van der Waals surface area (Å²) in [6.45, 7) is 20.6. The Morgan fingerprint density at radius 1 is 0.263 bits per heavy atom. The van der Waals surface area contributed by atoms with Gasteiger partial charge in [-0.1, -0.05) is 200 Å². The lowest BCUT2D eigenvalue weighted by Gasteiger charge is -2.22. The maximum atomic E-state index is 2.57. The normalized spacial score (nSPS) is 11.6. The summed E-state index contributed by atoms with van der Waals surface area (Å²) >= 11 is 0. The molecule has 0 aliphatic rings. The highest BCUT2D eigenvalue weighted by atomic mass is 14.2. The van der Waals surface area contributed by atoms with Crippen molar-refractivity contribution in [3.05, 3.63) is 130 Å². The molecule has 5 rings (SSSR count). The zero-order valence-electron chi connectivity index (χ0n) is 37.6. The van der Waals surface area contributed by atoms with E-state index >= 15 is 0 Å². The predicted octanol–water partition coefficient (Wildman–Crippen LogP) is 18.4. The molecular weight excluding hydrogens is 685 g/mol. The van der Waals surface area contributed by atoms with Crippen LogP contribution in [0.2, 0.25) is 0 Å². The summed E-state index contributed by atoms with van der Waals surface area (Å²) < 4.78 is 0. The molecule has 5 aromatic rings. The molecule has 304 valence electrons. The first-order valence-corrected chi connectivity index (χ1v) is 23.2. The van der Waals surface area contributed by atoms with Gasteiger partial charge in [-0.15, -0.1) is 0 Å². The summed E-state index contributed by atoms with van der Waals surface area (Å²) in [6, 6.07) is 36.7. The van der Waals surface area contributed by atoms with Crippen molar-refractivity contribution < 1.29 is 0 Å². The van der Waals surface area contributed by atoms with E-state index in [4.69, 9.17) is 0 Å². The van der Waals surface area contributed by atoms with E-state index in [0.717, 1.165) is 0 Å². The van der Waals surface area contributed by atoms with Crippen molar-refractivity contribution in [3.8, 4) is 44.5 Å². The van der Waals surface area contributed by atoms with Gasteiger partial charge in [0.15, 0.2) is 0 Å². The molecule has 0 amide bonds. The van der Waals surface area contributed by atoms with E-state index in [1.54, 1.807) is 0 Å². The Hall–Kier alpha value is -3.90. The fraction of sp³-hybridized carbons (Fsp3) is 0.474.